The Morgan fingerprint density at radius 2 is 1.75 bits per heavy atom. The molecule has 32 heavy (non-hydrogen) atoms. The molecule has 0 bridgehead atoms. The van der Waals surface area contributed by atoms with Gasteiger partial charge in [-0.3, -0.25) is 4.98 Å². The summed E-state index contributed by atoms with van der Waals surface area (Å²) in [6, 6.07) is 0. The third-order valence-corrected chi connectivity index (χ3v) is 4.13. The number of nitrogens with one attached hydrogen (secondary N) is 1. The lowest BCUT2D eigenvalue weighted by atomic mass is 9.99. The first kappa shape index (κ1) is 29.7. The lowest BCUT2D eigenvalue weighted by Gasteiger charge is -2.23. The largest absolute Gasteiger partial charge is 0.488 e. The summed E-state index contributed by atoms with van der Waals surface area (Å²) in [5.74, 6) is -0.573. The van der Waals surface area contributed by atoms with Gasteiger partial charge in [-0.2, -0.15) is 0 Å². The van der Waals surface area contributed by atoms with E-state index in [1.165, 1.54) is 19.1 Å². The molecule has 1 aliphatic heterocycles. The average Bonchev–Trinajstić information content (AvgIpc) is 2.75. The molecular weight excluding hydrogens is 412 g/mol. The molecule has 1 aliphatic rings. The Balaban J connectivity index is 0.000000595. The van der Waals surface area contributed by atoms with Crippen molar-refractivity contribution in [1.29, 1.82) is 0 Å². The summed E-state index contributed by atoms with van der Waals surface area (Å²) in [5, 5.41) is 3.24. The Hall–Kier alpha value is -2.28. The van der Waals surface area contributed by atoms with Crippen molar-refractivity contribution in [1.82, 2.24) is 15.3 Å². The highest BCUT2D eigenvalue weighted by molar-refractivity contribution is 5.25. The zero-order valence-corrected chi connectivity index (χ0v) is 21.0. The van der Waals surface area contributed by atoms with Gasteiger partial charge < -0.3 is 14.8 Å². The maximum Gasteiger partial charge on any atom is 0.235 e. The zero-order valence-electron chi connectivity index (χ0n) is 21.0. The molecule has 1 saturated heterocycles. The summed E-state index contributed by atoms with van der Waals surface area (Å²) in [5.41, 5.74) is 0.619. The van der Waals surface area contributed by atoms with Gasteiger partial charge in [0.1, 0.15) is 11.4 Å². The van der Waals surface area contributed by atoms with Crippen molar-refractivity contribution in [3.8, 4) is 5.88 Å². The van der Waals surface area contributed by atoms with Crippen LogP contribution in [0.25, 0.3) is 0 Å². The Morgan fingerprint density at radius 3 is 2.25 bits per heavy atom. The van der Waals surface area contributed by atoms with Crippen LogP contribution in [0, 0.1) is 12.8 Å². The van der Waals surface area contributed by atoms with E-state index in [1.54, 1.807) is 25.4 Å². The first-order valence-corrected chi connectivity index (χ1v) is 11.3. The van der Waals surface area contributed by atoms with Gasteiger partial charge in [0, 0.05) is 12.4 Å². The third kappa shape index (κ3) is 13.2. The number of hydrogen-bond donors (Lipinski definition) is 1. The van der Waals surface area contributed by atoms with Crippen molar-refractivity contribution in [2.75, 3.05) is 19.7 Å². The summed E-state index contributed by atoms with van der Waals surface area (Å²) in [4.78, 5) is 8.15. The van der Waals surface area contributed by atoms with Crippen LogP contribution in [0.2, 0.25) is 0 Å². The van der Waals surface area contributed by atoms with Gasteiger partial charge in [-0.15, -0.1) is 0 Å². The molecule has 0 saturated carbocycles. The summed E-state index contributed by atoms with van der Waals surface area (Å²) >= 11 is 0. The molecule has 5 nitrogen and oxygen atoms in total. The van der Waals surface area contributed by atoms with E-state index in [-0.39, 0.29) is 11.4 Å². The van der Waals surface area contributed by atoms with Crippen molar-refractivity contribution in [2.24, 2.45) is 5.92 Å². The fraction of sp³-hybridized carbons (Fsp3) is 0.600. The van der Waals surface area contributed by atoms with Gasteiger partial charge >= 0.3 is 0 Å². The fourth-order valence-corrected chi connectivity index (χ4v) is 2.62. The molecule has 2 rings (SSSR count). The molecule has 1 fully saturated rings. The van der Waals surface area contributed by atoms with Crippen molar-refractivity contribution in [2.45, 2.75) is 73.8 Å². The maximum atomic E-state index is 13.6. The summed E-state index contributed by atoms with van der Waals surface area (Å²) in [6.07, 6.45) is 9.67. The van der Waals surface area contributed by atoms with E-state index in [9.17, 15) is 8.78 Å². The molecule has 0 unspecified atom stereocenters. The second kappa shape index (κ2) is 16.4. The number of hydrogen-bond acceptors (Lipinski definition) is 5. The molecule has 0 atom stereocenters. The molecule has 7 heteroatoms. The third-order valence-electron chi connectivity index (χ3n) is 4.13. The van der Waals surface area contributed by atoms with Gasteiger partial charge in [-0.05, 0) is 79.5 Å². The number of ether oxygens (including phenoxy) is 2. The van der Waals surface area contributed by atoms with Gasteiger partial charge in [0.15, 0.2) is 11.6 Å². The van der Waals surface area contributed by atoms with Crippen LogP contribution in [0.15, 0.2) is 48.0 Å². The van der Waals surface area contributed by atoms with Crippen LogP contribution in [0.4, 0.5) is 8.78 Å². The summed E-state index contributed by atoms with van der Waals surface area (Å²) in [6.45, 7) is 17.1. The maximum absolute atomic E-state index is 13.6. The van der Waals surface area contributed by atoms with Gasteiger partial charge in [0.25, 0.3) is 0 Å². The summed E-state index contributed by atoms with van der Waals surface area (Å²) in [7, 11) is 0. The minimum Gasteiger partial charge on any atom is -0.488 e. The molecule has 0 radical (unpaired) electrons. The van der Waals surface area contributed by atoms with Gasteiger partial charge in [0.05, 0.1) is 12.3 Å². The van der Waals surface area contributed by atoms with Gasteiger partial charge in [-0.25, -0.2) is 13.8 Å². The van der Waals surface area contributed by atoms with Crippen LogP contribution < -0.4 is 10.1 Å². The topological polar surface area (TPSA) is 56.3 Å². The predicted molar refractivity (Wildman–Crippen MR) is 128 cm³/mol. The quantitative estimate of drug-likeness (QED) is 0.387. The molecule has 182 valence electrons. The first-order valence-electron chi connectivity index (χ1n) is 11.3. The molecule has 1 N–H and O–H groups in total. The van der Waals surface area contributed by atoms with Crippen LogP contribution in [0.1, 0.15) is 67.0 Å². The molecule has 0 aromatic carbocycles. The van der Waals surface area contributed by atoms with E-state index >= 15 is 0 Å². The Kier molecular flexibility index (Phi) is 15.2. The van der Waals surface area contributed by atoms with Crippen molar-refractivity contribution in [3.05, 3.63) is 53.7 Å². The lowest BCUT2D eigenvalue weighted by molar-refractivity contribution is 0.122. The van der Waals surface area contributed by atoms with Crippen LogP contribution in [-0.2, 0) is 4.74 Å². The number of piperidine rings is 1. The van der Waals surface area contributed by atoms with E-state index in [2.05, 4.69) is 15.3 Å². The number of aryl methyl sites for hydroxylation is 1. The number of halogens is 2. The SMILES string of the molecule is CC.C\C=C/C=C(F)\C(OCC1CCNCC1)=C(/C)F.Cc1nccnc1OC(C)(C)C. The monoisotopic (exact) mass is 453 g/mol. The standard InChI is InChI=1S/C14H21F2NO.C9H14N2O.C2H6/c1-3-4-5-13(16)14(11(2)15)18-10-12-6-8-17-9-7-12;1-7-8(11-6-5-10-7)12-9(2,3)4;1-2/h3-5,12,17H,6-10H2,1-2H3;5-6H,1-4H3;1-2H3/b4-3-,13-5+,14-11-;;. The lowest BCUT2D eigenvalue weighted by Crippen LogP contribution is -2.29. The number of allylic oxidation sites excluding steroid dienone is 5. The molecule has 1 aromatic heterocycles. The Labute approximate surface area is 193 Å². The fourth-order valence-electron chi connectivity index (χ4n) is 2.62. The Bertz CT molecular complexity index is 731. The number of nitrogens with zero attached hydrogens (tertiary/aromatic N) is 2. The van der Waals surface area contributed by atoms with Crippen LogP contribution >= 0.6 is 0 Å². The molecule has 0 spiro atoms. The molecule has 2 heterocycles. The van der Waals surface area contributed by atoms with E-state index < -0.39 is 11.7 Å². The minimum atomic E-state index is -0.665. The average molecular weight is 454 g/mol. The molecule has 1 aromatic rings. The molecule has 0 aliphatic carbocycles. The zero-order chi connectivity index (χ0) is 24.6. The van der Waals surface area contributed by atoms with Gasteiger partial charge in [-0.1, -0.05) is 26.0 Å². The van der Waals surface area contributed by atoms with Crippen LogP contribution in [0.3, 0.4) is 0 Å². The second-order valence-corrected chi connectivity index (χ2v) is 8.07. The highest BCUT2D eigenvalue weighted by atomic mass is 19.1. The second-order valence-electron chi connectivity index (χ2n) is 8.07. The minimum absolute atomic E-state index is 0.208. The normalized spacial score (nSPS) is 15.8. The van der Waals surface area contributed by atoms with Gasteiger partial charge in [0.2, 0.25) is 5.88 Å². The highest BCUT2D eigenvalue weighted by Crippen LogP contribution is 2.22. The highest BCUT2D eigenvalue weighted by Gasteiger charge is 2.17. The van der Waals surface area contributed by atoms with Crippen molar-refractivity contribution >= 4 is 0 Å². The predicted octanol–water partition coefficient (Wildman–Crippen LogP) is 6.62. The Morgan fingerprint density at radius 1 is 1.16 bits per heavy atom. The van der Waals surface area contributed by atoms with E-state index in [0.717, 1.165) is 31.6 Å². The molecular formula is C25H41F2N3O2. The van der Waals surface area contributed by atoms with E-state index in [4.69, 9.17) is 9.47 Å². The van der Waals surface area contributed by atoms with E-state index in [1.807, 2.05) is 41.5 Å². The van der Waals surface area contributed by atoms with E-state index in [0.29, 0.717) is 18.4 Å². The number of aromatic nitrogens is 2. The molecule has 0 amide bonds. The summed E-state index contributed by atoms with van der Waals surface area (Å²) < 4.78 is 37.7. The van der Waals surface area contributed by atoms with Crippen molar-refractivity contribution in [3.63, 3.8) is 0 Å². The van der Waals surface area contributed by atoms with Crippen molar-refractivity contribution < 1.29 is 18.3 Å². The smallest absolute Gasteiger partial charge is 0.235 e. The first-order chi connectivity index (χ1) is 15.1. The van der Waals surface area contributed by atoms with Crippen LogP contribution in [-0.4, -0.2) is 35.3 Å². The number of rotatable bonds is 6. The van der Waals surface area contributed by atoms with Crippen LogP contribution in [0.5, 0.6) is 5.88 Å².